The van der Waals surface area contributed by atoms with Gasteiger partial charge in [0.15, 0.2) is 11.5 Å². The van der Waals surface area contributed by atoms with Crippen molar-refractivity contribution < 1.29 is 14.6 Å². The molecule has 2 aromatic rings. The second kappa shape index (κ2) is 12.7. The number of rotatable bonds is 11. The molecule has 1 aliphatic heterocycles. The number of hydrogen-bond acceptors (Lipinski definition) is 6. The molecule has 1 aromatic heterocycles. The third kappa shape index (κ3) is 8.16. The van der Waals surface area contributed by atoms with Gasteiger partial charge in [-0.1, -0.05) is 25.3 Å². The van der Waals surface area contributed by atoms with Gasteiger partial charge >= 0.3 is 0 Å². The summed E-state index contributed by atoms with van der Waals surface area (Å²) in [5, 5.41) is 18.2. The fourth-order valence-electron chi connectivity index (χ4n) is 4.04. The second-order valence-electron chi connectivity index (χ2n) is 8.47. The molecule has 0 spiro atoms. The van der Waals surface area contributed by atoms with Crippen molar-refractivity contribution >= 4 is 0 Å². The van der Waals surface area contributed by atoms with Crippen molar-refractivity contribution in [3.05, 3.63) is 41.7 Å². The van der Waals surface area contributed by atoms with Crippen LogP contribution >= 0.6 is 0 Å². The SMILES string of the molecule is COc1ccc(CNCCc2cnn(C)c2)cc1OCC(O)CN1CCCCCCC1. The zero-order valence-electron chi connectivity index (χ0n) is 19.1. The lowest BCUT2D eigenvalue weighted by atomic mass is 10.1. The summed E-state index contributed by atoms with van der Waals surface area (Å²) in [6.45, 7) is 4.70. The number of likely N-dealkylation sites (tertiary alicyclic amines) is 1. The van der Waals surface area contributed by atoms with Crippen molar-refractivity contribution in [2.45, 2.75) is 51.2 Å². The zero-order chi connectivity index (χ0) is 21.9. The Balaban J connectivity index is 1.45. The van der Waals surface area contributed by atoms with Gasteiger partial charge in [0.05, 0.1) is 13.3 Å². The van der Waals surface area contributed by atoms with Crippen LogP contribution in [-0.4, -0.2) is 65.8 Å². The number of nitrogens with zero attached hydrogens (tertiary/aromatic N) is 3. The standard InChI is InChI=1S/C24H38N4O3/c1-27-17-21(16-26-27)10-11-25-15-20-8-9-23(30-2)24(14-20)31-19-22(29)18-28-12-6-4-3-5-7-13-28/h8-9,14,16-17,22,25,29H,3-7,10-13,15,18-19H2,1-2H3. The lowest BCUT2D eigenvalue weighted by Gasteiger charge is -2.26. The van der Waals surface area contributed by atoms with Crippen LogP contribution in [0.25, 0.3) is 0 Å². The number of aliphatic hydroxyl groups is 1. The van der Waals surface area contributed by atoms with Crippen LogP contribution in [-0.2, 0) is 20.0 Å². The van der Waals surface area contributed by atoms with E-state index in [-0.39, 0.29) is 6.61 Å². The summed E-state index contributed by atoms with van der Waals surface area (Å²) >= 11 is 0. The molecule has 2 N–H and O–H groups in total. The quantitative estimate of drug-likeness (QED) is 0.534. The third-order valence-corrected chi connectivity index (χ3v) is 5.75. The van der Waals surface area contributed by atoms with E-state index < -0.39 is 6.10 Å². The Morgan fingerprint density at radius 1 is 1.10 bits per heavy atom. The van der Waals surface area contributed by atoms with E-state index in [0.29, 0.717) is 18.0 Å². The number of β-amino-alcohol motifs (C(OH)–C–C–N with tert-alkyl or cyclic N) is 1. The van der Waals surface area contributed by atoms with Gasteiger partial charge < -0.3 is 24.8 Å². The topological polar surface area (TPSA) is 71.8 Å². The van der Waals surface area contributed by atoms with E-state index in [1.54, 1.807) is 7.11 Å². The lowest BCUT2D eigenvalue weighted by Crippen LogP contribution is -2.37. The Morgan fingerprint density at radius 2 is 1.87 bits per heavy atom. The molecule has 7 heteroatoms. The highest BCUT2D eigenvalue weighted by Gasteiger charge is 2.15. The summed E-state index contributed by atoms with van der Waals surface area (Å²) in [6, 6.07) is 5.97. The summed E-state index contributed by atoms with van der Waals surface area (Å²) in [7, 11) is 3.58. The summed E-state index contributed by atoms with van der Waals surface area (Å²) in [5.74, 6) is 1.37. The maximum Gasteiger partial charge on any atom is 0.161 e. The molecule has 1 atom stereocenters. The van der Waals surface area contributed by atoms with Crippen molar-refractivity contribution in [2.75, 3.05) is 39.9 Å². The molecule has 0 bridgehead atoms. The first-order chi connectivity index (χ1) is 15.1. The molecule has 3 rings (SSSR count). The number of ether oxygens (including phenoxy) is 2. The molecule has 7 nitrogen and oxygen atoms in total. The molecule has 0 saturated carbocycles. The summed E-state index contributed by atoms with van der Waals surface area (Å²) < 4.78 is 13.2. The lowest BCUT2D eigenvalue weighted by molar-refractivity contribution is 0.0644. The van der Waals surface area contributed by atoms with Crippen LogP contribution in [0, 0.1) is 0 Å². The largest absolute Gasteiger partial charge is 0.493 e. The van der Waals surface area contributed by atoms with Gasteiger partial charge in [0.1, 0.15) is 12.7 Å². The molecule has 1 saturated heterocycles. The molecule has 31 heavy (non-hydrogen) atoms. The molecule has 172 valence electrons. The second-order valence-corrected chi connectivity index (χ2v) is 8.47. The van der Waals surface area contributed by atoms with Gasteiger partial charge in [-0.25, -0.2) is 0 Å². The van der Waals surface area contributed by atoms with Crippen molar-refractivity contribution in [1.29, 1.82) is 0 Å². The number of methoxy groups -OCH3 is 1. The number of aliphatic hydroxyl groups excluding tert-OH is 1. The maximum absolute atomic E-state index is 10.5. The highest BCUT2D eigenvalue weighted by atomic mass is 16.5. The van der Waals surface area contributed by atoms with Crippen LogP contribution in [0.5, 0.6) is 11.5 Å². The van der Waals surface area contributed by atoms with Crippen molar-refractivity contribution in [2.24, 2.45) is 7.05 Å². The van der Waals surface area contributed by atoms with Crippen LogP contribution in [0.1, 0.15) is 43.2 Å². The molecule has 1 aliphatic rings. The van der Waals surface area contributed by atoms with Crippen LogP contribution in [0.2, 0.25) is 0 Å². The molecular weight excluding hydrogens is 392 g/mol. The third-order valence-electron chi connectivity index (χ3n) is 5.75. The Bertz CT molecular complexity index is 772. The first-order valence-electron chi connectivity index (χ1n) is 11.5. The van der Waals surface area contributed by atoms with Crippen LogP contribution in [0.4, 0.5) is 0 Å². The molecule has 0 aliphatic carbocycles. The van der Waals surface area contributed by atoms with Gasteiger partial charge in [-0.2, -0.15) is 5.10 Å². The van der Waals surface area contributed by atoms with Gasteiger partial charge in [-0.05, 0) is 62.2 Å². The van der Waals surface area contributed by atoms with E-state index in [2.05, 4.69) is 15.3 Å². The Hall–Kier alpha value is -2.09. The first-order valence-corrected chi connectivity index (χ1v) is 11.5. The molecule has 1 aromatic carbocycles. The predicted molar refractivity (Wildman–Crippen MR) is 123 cm³/mol. The minimum Gasteiger partial charge on any atom is -0.493 e. The van der Waals surface area contributed by atoms with Crippen LogP contribution in [0.3, 0.4) is 0 Å². The number of nitrogens with one attached hydrogen (secondary N) is 1. The monoisotopic (exact) mass is 430 g/mol. The van der Waals surface area contributed by atoms with E-state index >= 15 is 0 Å². The molecule has 0 radical (unpaired) electrons. The molecule has 1 fully saturated rings. The predicted octanol–water partition coefficient (Wildman–Crippen LogP) is 2.77. The van der Waals surface area contributed by atoms with E-state index in [1.165, 1.54) is 37.7 Å². The van der Waals surface area contributed by atoms with E-state index in [0.717, 1.165) is 38.2 Å². The number of aryl methyl sites for hydroxylation is 1. The summed E-state index contributed by atoms with van der Waals surface area (Å²) in [6.07, 6.45) is 10.7. The van der Waals surface area contributed by atoms with Crippen LogP contribution < -0.4 is 14.8 Å². The first kappa shape index (κ1) is 23.6. The number of hydrogen-bond donors (Lipinski definition) is 2. The maximum atomic E-state index is 10.5. The Kier molecular flexibility index (Phi) is 9.65. The van der Waals surface area contributed by atoms with Crippen molar-refractivity contribution in [3.63, 3.8) is 0 Å². The van der Waals surface area contributed by atoms with Gasteiger partial charge in [-0.15, -0.1) is 0 Å². The van der Waals surface area contributed by atoms with E-state index in [4.69, 9.17) is 9.47 Å². The number of aromatic nitrogens is 2. The van der Waals surface area contributed by atoms with Gasteiger partial charge in [0.2, 0.25) is 0 Å². The molecular formula is C24H38N4O3. The Labute approximate surface area is 186 Å². The fourth-order valence-corrected chi connectivity index (χ4v) is 4.04. The van der Waals surface area contributed by atoms with Crippen LogP contribution in [0.15, 0.2) is 30.6 Å². The van der Waals surface area contributed by atoms with E-state index in [1.807, 2.05) is 42.3 Å². The summed E-state index contributed by atoms with van der Waals surface area (Å²) in [4.78, 5) is 2.37. The zero-order valence-corrected chi connectivity index (χ0v) is 19.1. The average molecular weight is 431 g/mol. The minimum absolute atomic E-state index is 0.269. The Morgan fingerprint density at radius 3 is 2.58 bits per heavy atom. The number of benzene rings is 1. The normalized spacial score (nSPS) is 16.5. The van der Waals surface area contributed by atoms with Gasteiger partial charge in [-0.3, -0.25) is 4.68 Å². The van der Waals surface area contributed by atoms with E-state index in [9.17, 15) is 5.11 Å². The molecule has 0 amide bonds. The highest BCUT2D eigenvalue weighted by Crippen LogP contribution is 2.28. The average Bonchev–Trinajstić information content (AvgIpc) is 3.16. The van der Waals surface area contributed by atoms with Gasteiger partial charge in [0, 0.05) is 26.3 Å². The highest BCUT2D eigenvalue weighted by molar-refractivity contribution is 5.43. The summed E-state index contributed by atoms with van der Waals surface area (Å²) in [5.41, 5.74) is 2.35. The van der Waals surface area contributed by atoms with Crippen molar-refractivity contribution in [1.82, 2.24) is 20.0 Å². The minimum atomic E-state index is -0.509. The van der Waals surface area contributed by atoms with Gasteiger partial charge in [0.25, 0.3) is 0 Å². The fraction of sp³-hybridized carbons (Fsp3) is 0.625. The molecule has 2 heterocycles. The molecule has 1 unspecified atom stereocenters. The van der Waals surface area contributed by atoms with Crippen molar-refractivity contribution in [3.8, 4) is 11.5 Å². The smallest absolute Gasteiger partial charge is 0.161 e.